The molecule has 0 aliphatic carbocycles. The second-order valence-corrected chi connectivity index (χ2v) is 10.3. The zero-order chi connectivity index (χ0) is 24.3. The summed E-state index contributed by atoms with van der Waals surface area (Å²) in [6.45, 7) is 14.2. The highest BCUT2D eigenvalue weighted by atomic mass is 16.5. The van der Waals surface area contributed by atoms with Crippen LogP contribution in [-0.2, 0) is 11.2 Å². The Labute approximate surface area is 202 Å². The number of carbonyl (C=O) groups excluding carboxylic acids is 1. The van der Waals surface area contributed by atoms with Crippen LogP contribution in [0.4, 0.5) is 0 Å². The van der Waals surface area contributed by atoms with Gasteiger partial charge in [0.05, 0.1) is 13.2 Å². The van der Waals surface area contributed by atoms with E-state index in [1.807, 2.05) is 0 Å². The monoisotopic (exact) mass is 457 g/mol. The summed E-state index contributed by atoms with van der Waals surface area (Å²) in [5.74, 6) is 1.56. The summed E-state index contributed by atoms with van der Waals surface area (Å²) < 4.78 is 5.63. The van der Waals surface area contributed by atoms with Crippen LogP contribution in [0.15, 0.2) is 30.4 Å². The average Bonchev–Trinajstić information content (AvgIpc) is 3.39. The molecule has 3 rings (SSSR count). The van der Waals surface area contributed by atoms with Gasteiger partial charge in [-0.3, -0.25) is 4.90 Å². The molecule has 2 heterocycles. The van der Waals surface area contributed by atoms with Crippen LogP contribution in [0.1, 0.15) is 70.4 Å². The number of aldehydes is 1. The van der Waals surface area contributed by atoms with Gasteiger partial charge in [-0.25, -0.2) is 0 Å². The van der Waals surface area contributed by atoms with Gasteiger partial charge in [0.25, 0.3) is 0 Å². The van der Waals surface area contributed by atoms with Crippen molar-refractivity contribution in [2.45, 2.75) is 71.8 Å². The third kappa shape index (κ3) is 8.88. The molecule has 1 aromatic carbocycles. The number of nitrogens with zero attached hydrogens (tertiary/aromatic N) is 2. The summed E-state index contributed by atoms with van der Waals surface area (Å²) in [5, 5.41) is 0. The number of rotatable bonds is 11. The summed E-state index contributed by atoms with van der Waals surface area (Å²) >= 11 is 0. The Morgan fingerprint density at radius 3 is 2.76 bits per heavy atom. The van der Waals surface area contributed by atoms with E-state index in [1.165, 1.54) is 30.5 Å². The van der Waals surface area contributed by atoms with Gasteiger partial charge in [-0.15, -0.1) is 0 Å². The SMILES string of the molecule is C/C=C/C(C)(C)C[C@H]1C[C@@H](c2ccc3c(c2)CCO3)CN1CC=O.CCCCN(C)CCN. The van der Waals surface area contributed by atoms with E-state index < -0.39 is 0 Å². The molecule has 1 aromatic rings. The molecule has 33 heavy (non-hydrogen) atoms. The average molecular weight is 458 g/mol. The van der Waals surface area contributed by atoms with Gasteiger partial charge in [0.15, 0.2) is 0 Å². The molecule has 0 aromatic heterocycles. The Morgan fingerprint density at radius 2 is 2.09 bits per heavy atom. The number of allylic oxidation sites excluding steroid dienone is 2. The van der Waals surface area contributed by atoms with Gasteiger partial charge >= 0.3 is 0 Å². The van der Waals surface area contributed by atoms with Crippen molar-refractivity contribution in [2.75, 3.05) is 46.4 Å². The Bertz CT molecular complexity index is 747. The molecule has 0 unspecified atom stereocenters. The normalized spacial score (nSPS) is 20.6. The zero-order valence-electron chi connectivity index (χ0n) is 21.7. The number of unbranched alkanes of at least 4 members (excludes halogenated alkanes) is 1. The Kier molecular flexibility index (Phi) is 11.6. The highest BCUT2D eigenvalue weighted by molar-refractivity contribution is 5.52. The molecule has 2 atom stereocenters. The molecule has 0 radical (unpaired) electrons. The first-order valence-electron chi connectivity index (χ1n) is 12.8. The highest BCUT2D eigenvalue weighted by Crippen LogP contribution is 2.39. The summed E-state index contributed by atoms with van der Waals surface area (Å²) in [4.78, 5) is 15.8. The van der Waals surface area contributed by atoms with Crippen molar-refractivity contribution in [1.29, 1.82) is 0 Å². The van der Waals surface area contributed by atoms with Crippen molar-refractivity contribution in [2.24, 2.45) is 11.1 Å². The van der Waals surface area contributed by atoms with Gasteiger partial charge < -0.3 is 20.2 Å². The number of nitrogens with two attached hydrogens (primary N) is 1. The molecular formula is C28H47N3O2. The maximum Gasteiger partial charge on any atom is 0.133 e. The zero-order valence-corrected chi connectivity index (χ0v) is 21.7. The van der Waals surface area contributed by atoms with Crippen LogP contribution in [0, 0.1) is 5.41 Å². The standard InChI is InChI=1S/C21H29NO2.C7H18N2/c1-4-8-21(2,3)14-19-13-18(15-22(19)9-10-23)16-5-6-20-17(12-16)7-11-24-20;1-3-4-6-9(2)7-5-8/h4-6,8,10,12,18-19H,7,9,11,13-15H2,1-3H3;3-8H2,1-2H3/b8-4+;/t18-,19-;/m1./s1. The fourth-order valence-corrected chi connectivity index (χ4v) is 5.10. The summed E-state index contributed by atoms with van der Waals surface area (Å²) in [7, 11) is 2.11. The summed E-state index contributed by atoms with van der Waals surface area (Å²) in [6, 6.07) is 7.13. The molecule has 2 aliphatic rings. The van der Waals surface area contributed by atoms with Crippen LogP contribution in [0.3, 0.4) is 0 Å². The van der Waals surface area contributed by atoms with Crippen molar-refractivity contribution in [3.8, 4) is 5.75 Å². The van der Waals surface area contributed by atoms with E-state index >= 15 is 0 Å². The first kappa shape index (κ1) is 27.6. The summed E-state index contributed by atoms with van der Waals surface area (Å²) in [6.07, 6.45) is 11.3. The predicted octanol–water partition coefficient (Wildman–Crippen LogP) is 4.65. The van der Waals surface area contributed by atoms with Crippen molar-refractivity contribution in [3.05, 3.63) is 41.5 Å². The number of hydrogen-bond donors (Lipinski definition) is 1. The number of likely N-dealkylation sites (N-methyl/N-ethyl adjacent to an activating group) is 1. The molecular weight excluding hydrogens is 410 g/mol. The van der Waals surface area contributed by atoms with Crippen LogP contribution in [0.25, 0.3) is 0 Å². The lowest BCUT2D eigenvalue weighted by Crippen LogP contribution is -2.34. The lowest BCUT2D eigenvalue weighted by molar-refractivity contribution is -0.109. The third-order valence-corrected chi connectivity index (χ3v) is 6.81. The third-order valence-electron chi connectivity index (χ3n) is 6.81. The lowest BCUT2D eigenvalue weighted by atomic mass is 9.83. The number of likely N-dealkylation sites (tertiary alicyclic amines) is 1. The molecule has 2 aliphatic heterocycles. The molecule has 1 fully saturated rings. The predicted molar refractivity (Wildman–Crippen MR) is 139 cm³/mol. The molecule has 186 valence electrons. The van der Waals surface area contributed by atoms with Crippen LogP contribution in [0.5, 0.6) is 5.75 Å². The maximum atomic E-state index is 11.1. The molecule has 5 nitrogen and oxygen atoms in total. The smallest absolute Gasteiger partial charge is 0.133 e. The number of hydrogen-bond acceptors (Lipinski definition) is 5. The fourth-order valence-electron chi connectivity index (χ4n) is 5.10. The fraction of sp³-hybridized carbons (Fsp3) is 0.679. The van der Waals surface area contributed by atoms with E-state index in [9.17, 15) is 4.79 Å². The minimum absolute atomic E-state index is 0.168. The largest absolute Gasteiger partial charge is 0.493 e. The Morgan fingerprint density at radius 1 is 1.30 bits per heavy atom. The number of carbonyl (C=O) groups is 1. The van der Waals surface area contributed by atoms with Gasteiger partial charge in [-0.1, -0.05) is 51.5 Å². The van der Waals surface area contributed by atoms with E-state index in [0.717, 1.165) is 57.5 Å². The lowest BCUT2D eigenvalue weighted by Gasteiger charge is -2.29. The van der Waals surface area contributed by atoms with E-state index in [4.69, 9.17) is 10.5 Å². The quantitative estimate of drug-likeness (QED) is 0.387. The second kappa shape index (κ2) is 13.9. The van der Waals surface area contributed by atoms with Gasteiger partial charge in [-0.05, 0) is 68.3 Å². The van der Waals surface area contributed by atoms with Crippen LogP contribution < -0.4 is 10.5 Å². The molecule has 0 spiro atoms. The molecule has 1 saturated heterocycles. The van der Waals surface area contributed by atoms with Crippen molar-refractivity contribution in [1.82, 2.24) is 9.80 Å². The van der Waals surface area contributed by atoms with E-state index in [0.29, 0.717) is 18.5 Å². The minimum atomic E-state index is 0.168. The molecule has 0 bridgehead atoms. The number of fused-ring (bicyclic) bond motifs is 1. The first-order chi connectivity index (χ1) is 15.8. The topological polar surface area (TPSA) is 58.8 Å². The van der Waals surface area contributed by atoms with Gasteiger partial charge in [-0.2, -0.15) is 0 Å². The molecule has 2 N–H and O–H groups in total. The van der Waals surface area contributed by atoms with Crippen LogP contribution in [-0.4, -0.2) is 68.5 Å². The van der Waals surface area contributed by atoms with Crippen LogP contribution in [0.2, 0.25) is 0 Å². The highest BCUT2D eigenvalue weighted by Gasteiger charge is 2.35. The van der Waals surface area contributed by atoms with E-state index in [1.54, 1.807) is 0 Å². The minimum Gasteiger partial charge on any atom is -0.493 e. The summed E-state index contributed by atoms with van der Waals surface area (Å²) in [5.41, 5.74) is 8.27. The van der Waals surface area contributed by atoms with Crippen LogP contribution >= 0.6 is 0 Å². The van der Waals surface area contributed by atoms with E-state index in [-0.39, 0.29) is 5.41 Å². The Balaban J connectivity index is 0.000000365. The maximum absolute atomic E-state index is 11.1. The molecule has 0 amide bonds. The van der Waals surface area contributed by atoms with Gasteiger partial charge in [0, 0.05) is 32.1 Å². The van der Waals surface area contributed by atoms with Gasteiger partial charge in [0.2, 0.25) is 0 Å². The van der Waals surface area contributed by atoms with Gasteiger partial charge in [0.1, 0.15) is 12.0 Å². The molecule has 0 saturated carbocycles. The van der Waals surface area contributed by atoms with Crippen molar-refractivity contribution < 1.29 is 9.53 Å². The second-order valence-electron chi connectivity index (χ2n) is 10.3. The van der Waals surface area contributed by atoms with Crippen molar-refractivity contribution in [3.63, 3.8) is 0 Å². The number of ether oxygens (including phenoxy) is 1. The van der Waals surface area contributed by atoms with E-state index in [2.05, 4.69) is 74.9 Å². The van der Waals surface area contributed by atoms with Crippen molar-refractivity contribution >= 4 is 6.29 Å². The number of benzene rings is 1. The first-order valence-corrected chi connectivity index (χ1v) is 12.8. The molecule has 5 heteroatoms. The Hall–Kier alpha value is -1.69.